The van der Waals surface area contributed by atoms with Crippen molar-refractivity contribution in [3.63, 3.8) is 0 Å². The molecule has 1 nitrogen and oxygen atoms in total. The van der Waals surface area contributed by atoms with Gasteiger partial charge in [0.15, 0.2) is 0 Å². The third-order valence-electron chi connectivity index (χ3n) is 3.63. The first-order valence-electron chi connectivity index (χ1n) is 6.78. The molecule has 2 rings (SSSR count). The highest BCUT2D eigenvalue weighted by atomic mass is 19.1. The SMILES string of the molecule is Cc1ccccc1CC(CN)Cc1ccc(F)cc1F. The van der Waals surface area contributed by atoms with Crippen molar-refractivity contribution >= 4 is 0 Å². The third-order valence-corrected chi connectivity index (χ3v) is 3.63. The Hall–Kier alpha value is -1.74. The minimum atomic E-state index is -0.547. The standard InChI is InChI=1S/C17H19F2N/c1-12-4-2-3-5-14(12)8-13(11-20)9-15-6-7-16(18)10-17(15)19/h2-7,10,13H,8-9,11,20H2,1H3. The Morgan fingerprint density at radius 1 is 1.00 bits per heavy atom. The Balaban J connectivity index is 2.11. The molecular formula is C17H19F2N. The predicted molar refractivity (Wildman–Crippen MR) is 77.5 cm³/mol. The molecule has 106 valence electrons. The summed E-state index contributed by atoms with van der Waals surface area (Å²) in [5.41, 5.74) is 8.77. The lowest BCUT2D eigenvalue weighted by Gasteiger charge is -2.16. The number of benzene rings is 2. The van der Waals surface area contributed by atoms with Crippen molar-refractivity contribution in [2.75, 3.05) is 6.54 Å². The normalized spacial score (nSPS) is 12.4. The van der Waals surface area contributed by atoms with E-state index in [1.165, 1.54) is 23.3 Å². The summed E-state index contributed by atoms with van der Waals surface area (Å²) in [7, 11) is 0. The molecule has 0 spiro atoms. The van der Waals surface area contributed by atoms with Crippen molar-refractivity contribution in [1.29, 1.82) is 0 Å². The maximum Gasteiger partial charge on any atom is 0.129 e. The minimum absolute atomic E-state index is 0.149. The fourth-order valence-electron chi connectivity index (χ4n) is 2.39. The molecule has 0 fully saturated rings. The molecule has 2 aromatic carbocycles. The molecule has 0 aliphatic heterocycles. The lowest BCUT2D eigenvalue weighted by atomic mass is 9.91. The summed E-state index contributed by atoms with van der Waals surface area (Å²) < 4.78 is 26.6. The number of halogens is 2. The largest absolute Gasteiger partial charge is 0.330 e. The summed E-state index contributed by atoms with van der Waals surface area (Å²) >= 11 is 0. The van der Waals surface area contributed by atoms with Gasteiger partial charge in [0.05, 0.1) is 0 Å². The van der Waals surface area contributed by atoms with E-state index in [2.05, 4.69) is 19.1 Å². The van der Waals surface area contributed by atoms with Crippen LogP contribution < -0.4 is 5.73 Å². The van der Waals surface area contributed by atoms with Gasteiger partial charge in [-0.05, 0) is 55.0 Å². The number of rotatable bonds is 5. The summed E-state index contributed by atoms with van der Waals surface area (Å²) in [4.78, 5) is 0. The van der Waals surface area contributed by atoms with Gasteiger partial charge in [0.1, 0.15) is 11.6 Å². The van der Waals surface area contributed by atoms with Crippen molar-refractivity contribution in [2.45, 2.75) is 19.8 Å². The van der Waals surface area contributed by atoms with Gasteiger partial charge in [0.2, 0.25) is 0 Å². The fraction of sp³-hybridized carbons (Fsp3) is 0.294. The van der Waals surface area contributed by atoms with Crippen LogP contribution in [0.4, 0.5) is 8.78 Å². The third kappa shape index (κ3) is 3.64. The first kappa shape index (κ1) is 14.7. The first-order valence-corrected chi connectivity index (χ1v) is 6.78. The molecule has 0 aromatic heterocycles. The lowest BCUT2D eigenvalue weighted by Crippen LogP contribution is -2.20. The molecule has 0 heterocycles. The molecule has 2 N–H and O–H groups in total. The van der Waals surface area contributed by atoms with Gasteiger partial charge in [0.25, 0.3) is 0 Å². The van der Waals surface area contributed by atoms with Gasteiger partial charge < -0.3 is 5.73 Å². The average Bonchev–Trinajstić information content (AvgIpc) is 2.43. The van der Waals surface area contributed by atoms with Crippen LogP contribution in [0.2, 0.25) is 0 Å². The van der Waals surface area contributed by atoms with E-state index in [0.717, 1.165) is 12.5 Å². The average molecular weight is 275 g/mol. The van der Waals surface area contributed by atoms with Gasteiger partial charge in [-0.25, -0.2) is 8.78 Å². The maximum atomic E-state index is 13.7. The quantitative estimate of drug-likeness (QED) is 0.886. The molecule has 0 amide bonds. The molecule has 0 radical (unpaired) electrons. The Kier molecular flexibility index (Phi) is 4.85. The van der Waals surface area contributed by atoms with Crippen LogP contribution in [0.3, 0.4) is 0 Å². The Morgan fingerprint density at radius 2 is 1.70 bits per heavy atom. The van der Waals surface area contributed by atoms with Crippen LogP contribution in [-0.2, 0) is 12.8 Å². The highest BCUT2D eigenvalue weighted by Crippen LogP contribution is 2.19. The summed E-state index contributed by atoms with van der Waals surface area (Å²) in [6.45, 7) is 2.53. The van der Waals surface area contributed by atoms with Crippen molar-refractivity contribution < 1.29 is 8.78 Å². The van der Waals surface area contributed by atoms with Crippen LogP contribution in [0.25, 0.3) is 0 Å². The number of hydrogen-bond acceptors (Lipinski definition) is 1. The number of nitrogens with two attached hydrogens (primary N) is 1. The number of hydrogen-bond donors (Lipinski definition) is 1. The van der Waals surface area contributed by atoms with Crippen molar-refractivity contribution in [3.05, 3.63) is 70.8 Å². The molecule has 0 saturated heterocycles. The van der Waals surface area contributed by atoms with E-state index < -0.39 is 11.6 Å². The van der Waals surface area contributed by atoms with Gasteiger partial charge in [-0.2, -0.15) is 0 Å². The van der Waals surface area contributed by atoms with Crippen molar-refractivity contribution in [2.24, 2.45) is 11.7 Å². The van der Waals surface area contributed by atoms with Crippen LogP contribution in [0, 0.1) is 24.5 Å². The van der Waals surface area contributed by atoms with Crippen molar-refractivity contribution in [3.8, 4) is 0 Å². The zero-order valence-electron chi connectivity index (χ0n) is 11.6. The predicted octanol–water partition coefficient (Wildman–Crippen LogP) is 3.63. The van der Waals surface area contributed by atoms with Gasteiger partial charge in [-0.3, -0.25) is 0 Å². The smallest absolute Gasteiger partial charge is 0.129 e. The second-order valence-electron chi connectivity index (χ2n) is 5.17. The summed E-state index contributed by atoms with van der Waals surface area (Å²) in [6, 6.07) is 11.8. The first-order chi connectivity index (χ1) is 9.60. The van der Waals surface area contributed by atoms with E-state index in [1.807, 2.05) is 12.1 Å². The lowest BCUT2D eigenvalue weighted by molar-refractivity contribution is 0.505. The van der Waals surface area contributed by atoms with E-state index in [4.69, 9.17) is 5.73 Å². The second kappa shape index (κ2) is 6.62. The molecule has 20 heavy (non-hydrogen) atoms. The van der Waals surface area contributed by atoms with E-state index in [1.54, 1.807) is 0 Å². The van der Waals surface area contributed by atoms with Crippen LogP contribution >= 0.6 is 0 Å². The molecule has 1 atom stereocenters. The molecule has 0 bridgehead atoms. The highest BCUT2D eigenvalue weighted by molar-refractivity contribution is 5.27. The van der Waals surface area contributed by atoms with Gasteiger partial charge >= 0.3 is 0 Å². The van der Waals surface area contributed by atoms with Gasteiger partial charge in [-0.1, -0.05) is 30.3 Å². The summed E-state index contributed by atoms with van der Waals surface area (Å²) in [5.74, 6) is -0.890. The molecule has 0 aliphatic rings. The molecule has 0 saturated carbocycles. The van der Waals surface area contributed by atoms with Gasteiger partial charge in [0, 0.05) is 6.07 Å². The monoisotopic (exact) mass is 275 g/mol. The summed E-state index contributed by atoms with van der Waals surface area (Å²) in [6.07, 6.45) is 1.33. The van der Waals surface area contributed by atoms with Gasteiger partial charge in [-0.15, -0.1) is 0 Å². The second-order valence-corrected chi connectivity index (χ2v) is 5.17. The molecule has 1 unspecified atom stereocenters. The number of aryl methyl sites for hydroxylation is 1. The van der Waals surface area contributed by atoms with E-state index in [0.29, 0.717) is 18.5 Å². The van der Waals surface area contributed by atoms with Crippen LogP contribution in [-0.4, -0.2) is 6.54 Å². The van der Waals surface area contributed by atoms with Crippen LogP contribution in [0.5, 0.6) is 0 Å². The zero-order chi connectivity index (χ0) is 14.5. The minimum Gasteiger partial charge on any atom is -0.330 e. The van der Waals surface area contributed by atoms with Crippen LogP contribution in [0.1, 0.15) is 16.7 Å². The molecule has 0 aliphatic carbocycles. The fourth-order valence-corrected chi connectivity index (χ4v) is 2.39. The maximum absolute atomic E-state index is 13.7. The zero-order valence-corrected chi connectivity index (χ0v) is 11.6. The Labute approximate surface area is 118 Å². The van der Waals surface area contributed by atoms with Crippen molar-refractivity contribution in [1.82, 2.24) is 0 Å². The molecule has 3 heteroatoms. The summed E-state index contributed by atoms with van der Waals surface area (Å²) in [5, 5.41) is 0. The molecular weight excluding hydrogens is 256 g/mol. The van der Waals surface area contributed by atoms with E-state index in [9.17, 15) is 8.78 Å². The van der Waals surface area contributed by atoms with E-state index in [-0.39, 0.29) is 5.92 Å². The van der Waals surface area contributed by atoms with Crippen LogP contribution in [0.15, 0.2) is 42.5 Å². The van der Waals surface area contributed by atoms with E-state index >= 15 is 0 Å². The molecule has 2 aromatic rings. The topological polar surface area (TPSA) is 26.0 Å². The Morgan fingerprint density at radius 3 is 2.35 bits per heavy atom. The Bertz CT molecular complexity index is 581. The highest BCUT2D eigenvalue weighted by Gasteiger charge is 2.13.